The fourth-order valence-corrected chi connectivity index (χ4v) is 3.46. The summed E-state index contributed by atoms with van der Waals surface area (Å²) < 4.78 is 40.2. The van der Waals surface area contributed by atoms with Gasteiger partial charge in [-0.05, 0) is 43.3 Å². The quantitative estimate of drug-likeness (QED) is 0.395. The summed E-state index contributed by atoms with van der Waals surface area (Å²) in [5.74, 6) is -0.282. The van der Waals surface area contributed by atoms with Crippen LogP contribution in [0.5, 0.6) is 0 Å². The van der Waals surface area contributed by atoms with E-state index < -0.39 is 18.5 Å². The number of nitrogens with zero attached hydrogens (tertiary/aromatic N) is 3. The average molecular weight is 412 g/mol. The van der Waals surface area contributed by atoms with Crippen molar-refractivity contribution >= 4 is 23.0 Å². The predicted molar refractivity (Wildman–Crippen MR) is 105 cm³/mol. The molecule has 0 aliphatic carbocycles. The largest absolute Gasteiger partial charge is 0.389 e. The van der Waals surface area contributed by atoms with Gasteiger partial charge in [0.2, 0.25) is 0 Å². The smallest absolute Gasteiger partial charge is 0.327 e. The third-order valence-corrected chi connectivity index (χ3v) is 4.35. The minimum Gasteiger partial charge on any atom is -0.327 e. The zero-order chi connectivity index (χ0) is 21.8. The number of aromatic nitrogens is 2. The van der Waals surface area contributed by atoms with Gasteiger partial charge in [0.05, 0.1) is 17.5 Å². The zero-order valence-corrected chi connectivity index (χ0v) is 17.0. The van der Waals surface area contributed by atoms with E-state index in [0.29, 0.717) is 29.0 Å². The van der Waals surface area contributed by atoms with E-state index in [-0.39, 0.29) is 11.8 Å². The van der Waals surface area contributed by atoms with Crippen molar-refractivity contribution in [1.82, 2.24) is 19.9 Å². The number of halogens is 3. The molecule has 0 spiro atoms. The molecule has 1 amide bonds. The van der Waals surface area contributed by atoms with Gasteiger partial charge in [-0.2, -0.15) is 13.2 Å². The van der Waals surface area contributed by atoms with Crippen LogP contribution < -0.4 is 5.48 Å². The van der Waals surface area contributed by atoms with Crippen molar-refractivity contribution in [3.05, 3.63) is 35.7 Å². The molecule has 160 valence electrons. The Bertz CT molecular complexity index is 886. The Balaban J connectivity index is 2.47. The normalized spacial score (nSPS) is 13.0. The second-order valence-corrected chi connectivity index (χ2v) is 8.19. The number of benzene rings is 1. The molecule has 1 aromatic carbocycles. The Kier molecular flexibility index (Phi) is 7.07. The van der Waals surface area contributed by atoms with Crippen LogP contribution in [0.3, 0.4) is 0 Å². The summed E-state index contributed by atoms with van der Waals surface area (Å²) in [6, 6.07) is 5.23. The summed E-state index contributed by atoms with van der Waals surface area (Å²) in [5.41, 5.74) is 3.30. The van der Waals surface area contributed by atoms with Gasteiger partial charge >= 0.3 is 6.18 Å². The second-order valence-electron chi connectivity index (χ2n) is 8.19. The van der Waals surface area contributed by atoms with E-state index in [4.69, 9.17) is 5.21 Å². The summed E-state index contributed by atoms with van der Waals surface area (Å²) in [6.45, 7) is 5.37. The van der Waals surface area contributed by atoms with Gasteiger partial charge in [-0.15, -0.1) is 0 Å². The van der Waals surface area contributed by atoms with Crippen LogP contribution in [-0.4, -0.2) is 52.4 Å². The maximum absolute atomic E-state index is 12.8. The summed E-state index contributed by atoms with van der Waals surface area (Å²) >= 11 is 0. The van der Waals surface area contributed by atoms with E-state index in [1.165, 1.54) is 17.6 Å². The topological polar surface area (TPSA) is 70.4 Å². The lowest BCUT2D eigenvalue weighted by atomic mass is 9.92. The van der Waals surface area contributed by atoms with Gasteiger partial charge in [0.15, 0.2) is 0 Å². The van der Waals surface area contributed by atoms with Gasteiger partial charge < -0.3 is 9.47 Å². The van der Waals surface area contributed by atoms with Gasteiger partial charge in [-0.25, -0.2) is 10.5 Å². The highest BCUT2D eigenvalue weighted by atomic mass is 19.4. The SMILES string of the molecule is CN(C)CC(C)(C)Cn1c(CCC(F)(F)F)nc2ccc(C=CC(=O)NO)cc21. The van der Waals surface area contributed by atoms with Crippen molar-refractivity contribution in [2.24, 2.45) is 5.41 Å². The number of rotatable bonds is 8. The number of hydroxylamine groups is 1. The Labute approximate surface area is 168 Å². The first-order chi connectivity index (χ1) is 13.4. The van der Waals surface area contributed by atoms with Crippen molar-refractivity contribution in [3.8, 4) is 0 Å². The summed E-state index contributed by atoms with van der Waals surface area (Å²) in [6.07, 6.45) is -2.71. The molecular formula is C20H27F3N4O2. The van der Waals surface area contributed by atoms with Crippen LogP contribution in [-0.2, 0) is 17.8 Å². The first kappa shape index (κ1) is 22.9. The average Bonchev–Trinajstić information content (AvgIpc) is 2.92. The van der Waals surface area contributed by atoms with Crippen molar-refractivity contribution in [2.45, 2.75) is 39.4 Å². The maximum atomic E-state index is 12.8. The second kappa shape index (κ2) is 8.96. The summed E-state index contributed by atoms with van der Waals surface area (Å²) in [4.78, 5) is 17.7. The van der Waals surface area contributed by atoms with Gasteiger partial charge in [0.25, 0.3) is 5.91 Å². The maximum Gasteiger partial charge on any atom is 0.389 e. The van der Waals surface area contributed by atoms with Crippen LogP contribution in [0.15, 0.2) is 24.3 Å². The molecule has 0 radical (unpaired) electrons. The van der Waals surface area contributed by atoms with Crippen LogP contribution >= 0.6 is 0 Å². The third kappa shape index (κ3) is 6.86. The highest BCUT2D eigenvalue weighted by Gasteiger charge is 2.29. The lowest BCUT2D eigenvalue weighted by Crippen LogP contribution is -2.33. The minimum atomic E-state index is -4.26. The zero-order valence-electron chi connectivity index (χ0n) is 17.0. The van der Waals surface area contributed by atoms with Gasteiger partial charge in [0, 0.05) is 25.6 Å². The van der Waals surface area contributed by atoms with Crippen molar-refractivity contribution in [2.75, 3.05) is 20.6 Å². The van der Waals surface area contributed by atoms with Gasteiger partial charge in [0.1, 0.15) is 5.82 Å². The van der Waals surface area contributed by atoms with E-state index in [1.807, 2.05) is 23.6 Å². The number of hydrogen-bond donors (Lipinski definition) is 2. The molecule has 0 aliphatic heterocycles. The lowest BCUT2D eigenvalue weighted by molar-refractivity contribution is -0.134. The first-order valence-electron chi connectivity index (χ1n) is 9.23. The number of hydrogen-bond acceptors (Lipinski definition) is 4. The monoisotopic (exact) mass is 412 g/mol. The number of amides is 1. The molecule has 29 heavy (non-hydrogen) atoms. The van der Waals surface area contributed by atoms with Crippen molar-refractivity contribution in [3.63, 3.8) is 0 Å². The standard InChI is InChI=1S/C20H27F3N4O2/c1-19(2,12-26(3)4)13-27-16-11-14(6-8-18(28)25-29)5-7-15(16)24-17(27)9-10-20(21,22)23/h5-8,11,29H,9-10,12-13H2,1-4H3,(H,25,28). The molecule has 0 aliphatic rings. The molecular weight excluding hydrogens is 385 g/mol. The molecule has 0 fully saturated rings. The molecule has 0 unspecified atom stereocenters. The van der Waals surface area contributed by atoms with E-state index in [0.717, 1.165) is 6.54 Å². The van der Waals surface area contributed by atoms with E-state index in [2.05, 4.69) is 18.8 Å². The Morgan fingerprint density at radius 2 is 2.00 bits per heavy atom. The van der Waals surface area contributed by atoms with E-state index in [1.54, 1.807) is 18.2 Å². The number of fused-ring (bicyclic) bond motifs is 1. The first-order valence-corrected chi connectivity index (χ1v) is 9.23. The number of aryl methyl sites for hydroxylation is 1. The summed E-state index contributed by atoms with van der Waals surface area (Å²) in [7, 11) is 3.90. The molecule has 1 aromatic heterocycles. The van der Waals surface area contributed by atoms with Gasteiger partial charge in [-0.1, -0.05) is 19.9 Å². The van der Waals surface area contributed by atoms with Crippen LogP contribution in [0.25, 0.3) is 17.1 Å². The molecule has 2 rings (SSSR count). The van der Waals surface area contributed by atoms with Crippen molar-refractivity contribution < 1.29 is 23.2 Å². The molecule has 0 saturated heterocycles. The number of alkyl halides is 3. The molecule has 0 bridgehead atoms. The van der Waals surface area contributed by atoms with Crippen LogP contribution in [0.4, 0.5) is 13.2 Å². The fraction of sp³-hybridized carbons (Fsp3) is 0.500. The number of carbonyl (C=O) groups is 1. The predicted octanol–water partition coefficient (Wildman–Crippen LogP) is 3.64. The van der Waals surface area contributed by atoms with Crippen LogP contribution in [0.1, 0.15) is 31.7 Å². The van der Waals surface area contributed by atoms with Crippen molar-refractivity contribution in [1.29, 1.82) is 0 Å². The lowest BCUT2D eigenvalue weighted by Gasteiger charge is -2.29. The minimum absolute atomic E-state index is 0.200. The molecule has 0 saturated carbocycles. The van der Waals surface area contributed by atoms with Crippen LogP contribution in [0.2, 0.25) is 0 Å². The highest BCUT2D eigenvalue weighted by molar-refractivity contribution is 5.91. The molecule has 1 heterocycles. The highest BCUT2D eigenvalue weighted by Crippen LogP contribution is 2.28. The van der Waals surface area contributed by atoms with Gasteiger partial charge in [-0.3, -0.25) is 10.0 Å². The number of nitrogens with one attached hydrogen (secondary N) is 1. The summed E-state index contributed by atoms with van der Waals surface area (Å²) in [5, 5.41) is 8.60. The molecule has 0 atom stereocenters. The Morgan fingerprint density at radius 3 is 2.59 bits per heavy atom. The number of imidazole rings is 1. The fourth-order valence-electron chi connectivity index (χ4n) is 3.46. The molecule has 6 nitrogen and oxygen atoms in total. The third-order valence-electron chi connectivity index (χ3n) is 4.35. The van der Waals surface area contributed by atoms with E-state index >= 15 is 0 Å². The Morgan fingerprint density at radius 1 is 1.31 bits per heavy atom. The number of carbonyl (C=O) groups excluding carboxylic acids is 1. The molecule has 2 aromatic rings. The molecule has 9 heteroatoms. The van der Waals surface area contributed by atoms with Crippen LogP contribution in [0, 0.1) is 5.41 Å². The molecule has 2 N–H and O–H groups in total. The Hall–Kier alpha value is -2.39. The van der Waals surface area contributed by atoms with E-state index in [9.17, 15) is 18.0 Å².